The summed E-state index contributed by atoms with van der Waals surface area (Å²) in [5.74, 6) is -0.462. The van der Waals surface area contributed by atoms with Crippen LogP contribution in [0.15, 0.2) is 66.7 Å². The highest BCUT2D eigenvalue weighted by Crippen LogP contribution is 2.37. The van der Waals surface area contributed by atoms with Gasteiger partial charge in [0.05, 0.1) is 5.69 Å². The predicted molar refractivity (Wildman–Crippen MR) is 147 cm³/mol. The van der Waals surface area contributed by atoms with E-state index in [1.54, 1.807) is 9.80 Å². The fourth-order valence-corrected chi connectivity index (χ4v) is 5.80. The van der Waals surface area contributed by atoms with Gasteiger partial charge in [-0.2, -0.15) is 0 Å². The summed E-state index contributed by atoms with van der Waals surface area (Å²) >= 11 is 0. The normalized spacial score (nSPS) is 16.1. The van der Waals surface area contributed by atoms with Crippen molar-refractivity contribution in [2.24, 2.45) is 0 Å². The van der Waals surface area contributed by atoms with E-state index in [2.05, 4.69) is 5.32 Å². The quantitative estimate of drug-likeness (QED) is 0.447. The number of carbonyl (C=O) groups excluding carboxylic acids is 3. The molecule has 6 nitrogen and oxygen atoms in total. The monoisotopic (exact) mass is 497 g/mol. The molecule has 0 saturated heterocycles. The van der Waals surface area contributed by atoms with Gasteiger partial charge in [0.1, 0.15) is 12.6 Å². The molecular formula is C31H35N3O3. The molecule has 0 spiro atoms. The Morgan fingerprint density at radius 2 is 1.70 bits per heavy atom. The Morgan fingerprint density at radius 3 is 2.43 bits per heavy atom. The standard InChI is InChI=1S/C31H35N3O3/c1-2-26(30(36)32-24-15-7-4-8-16-24)33(20-19-22-11-5-3-6-12-22)28(35)21-34-27-18-10-14-23-13-9-17-25(29(23)27)31(34)37/h3,5-6,9-14,17-18,24,26H,2,4,7-8,15-16,19-21H2,1H3,(H,32,36). The lowest BCUT2D eigenvalue weighted by Gasteiger charge is -2.33. The van der Waals surface area contributed by atoms with E-state index in [9.17, 15) is 14.4 Å². The smallest absolute Gasteiger partial charge is 0.259 e. The van der Waals surface area contributed by atoms with Crippen molar-refractivity contribution >= 4 is 34.2 Å². The van der Waals surface area contributed by atoms with Gasteiger partial charge in [0, 0.05) is 23.5 Å². The largest absolute Gasteiger partial charge is 0.352 e. The van der Waals surface area contributed by atoms with Crippen molar-refractivity contribution in [3.63, 3.8) is 0 Å². The van der Waals surface area contributed by atoms with Crippen LogP contribution in [0.2, 0.25) is 0 Å². The van der Waals surface area contributed by atoms with Crippen molar-refractivity contribution in [3.8, 4) is 0 Å². The lowest BCUT2D eigenvalue weighted by Crippen LogP contribution is -2.54. The molecule has 3 aromatic rings. The maximum Gasteiger partial charge on any atom is 0.259 e. The molecule has 6 heteroatoms. The zero-order valence-electron chi connectivity index (χ0n) is 21.5. The second-order valence-electron chi connectivity index (χ2n) is 10.2. The molecule has 1 aliphatic carbocycles. The number of benzene rings is 3. The van der Waals surface area contributed by atoms with Gasteiger partial charge in [-0.25, -0.2) is 0 Å². The molecule has 1 aliphatic heterocycles. The predicted octanol–water partition coefficient (Wildman–Crippen LogP) is 5.10. The number of carbonyl (C=O) groups is 3. The van der Waals surface area contributed by atoms with Crippen LogP contribution in [0.5, 0.6) is 0 Å². The van der Waals surface area contributed by atoms with E-state index in [-0.39, 0.29) is 30.3 Å². The number of amides is 3. The summed E-state index contributed by atoms with van der Waals surface area (Å²) in [6.07, 6.45) is 6.61. The van der Waals surface area contributed by atoms with Crippen LogP contribution in [-0.2, 0) is 16.0 Å². The first kappa shape index (κ1) is 25.0. The molecule has 3 aromatic carbocycles. The van der Waals surface area contributed by atoms with E-state index in [0.717, 1.165) is 47.7 Å². The molecule has 2 aliphatic rings. The molecule has 1 heterocycles. The van der Waals surface area contributed by atoms with Crippen LogP contribution >= 0.6 is 0 Å². The molecule has 0 radical (unpaired) electrons. The van der Waals surface area contributed by atoms with Gasteiger partial charge in [0.25, 0.3) is 5.91 Å². The highest BCUT2D eigenvalue weighted by atomic mass is 16.2. The SMILES string of the molecule is CCC(C(=O)NC1CCCCC1)N(CCc1ccccc1)C(=O)CN1C(=O)c2cccc3cccc1c23. The number of hydrogen-bond donors (Lipinski definition) is 1. The summed E-state index contributed by atoms with van der Waals surface area (Å²) in [7, 11) is 0. The second-order valence-corrected chi connectivity index (χ2v) is 10.2. The average molecular weight is 498 g/mol. The first-order valence-electron chi connectivity index (χ1n) is 13.5. The van der Waals surface area contributed by atoms with Crippen molar-refractivity contribution in [2.75, 3.05) is 18.0 Å². The van der Waals surface area contributed by atoms with Crippen LogP contribution in [-0.4, -0.2) is 47.8 Å². The molecule has 5 rings (SSSR count). The zero-order chi connectivity index (χ0) is 25.8. The number of rotatable bonds is 9. The molecule has 1 unspecified atom stereocenters. The van der Waals surface area contributed by atoms with Crippen LogP contribution in [0.1, 0.15) is 61.4 Å². The van der Waals surface area contributed by atoms with Crippen LogP contribution in [0.4, 0.5) is 5.69 Å². The Bertz CT molecular complexity index is 1280. The minimum Gasteiger partial charge on any atom is -0.352 e. The summed E-state index contributed by atoms with van der Waals surface area (Å²) in [4.78, 5) is 43.9. The van der Waals surface area contributed by atoms with Crippen LogP contribution in [0, 0.1) is 0 Å². The van der Waals surface area contributed by atoms with Crippen LogP contribution in [0.25, 0.3) is 10.8 Å². The molecule has 0 bridgehead atoms. The highest BCUT2D eigenvalue weighted by molar-refractivity contribution is 6.26. The van der Waals surface area contributed by atoms with Crippen molar-refractivity contribution in [3.05, 3.63) is 77.9 Å². The van der Waals surface area contributed by atoms with Crippen molar-refractivity contribution in [1.29, 1.82) is 0 Å². The topological polar surface area (TPSA) is 69.7 Å². The second kappa shape index (κ2) is 11.2. The van der Waals surface area contributed by atoms with E-state index in [1.165, 1.54) is 6.42 Å². The summed E-state index contributed by atoms with van der Waals surface area (Å²) in [5.41, 5.74) is 2.49. The highest BCUT2D eigenvalue weighted by Gasteiger charge is 2.35. The van der Waals surface area contributed by atoms with Gasteiger partial charge in [-0.3, -0.25) is 19.3 Å². The number of hydrogen-bond acceptors (Lipinski definition) is 3. The maximum absolute atomic E-state index is 13.9. The maximum atomic E-state index is 13.9. The summed E-state index contributed by atoms with van der Waals surface area (Å²) in [6, 6.07) is 21.1. The van der Waals surface area contributed by atoms with Crippen LogP contribution < -0.4 is 10.2 Å². The van der Waals surface area contributed by atoms with Gasteiger partial charge in [-0.15, -0.1) is 0 Å². The summed E-state index contributed by atoms with van der Waals surface area (Å²) in [6.45, 7) is 2.28. The molecule has 1 fully saturated rings. The lowest BCUT2D eigenvalue weighted by atomic mass is 9.95. The van der Waals surface area contributed by atoms with Crippen molar-refractivity contribution in [1.82, 2.24) is 10.2 Å². The van der Waals surface area contributed by atoms with Gasteiger partial charge in [0.15, 0.2) is 0 Å². The Balaban J connectivity index is 1.38. The van der Waals surface area contributed by atoms with E-state index >= 15 is 0 Å². The summed E-state index contributed by atoms with van der Waals surface area (Å²) in [5, 5.41) is 5.10. The third-order valence-electron chi connectivity index (χ3n) is 7.76. The lowest BCUT2D eigenvalue weighted by molar-refractivity contribution is -0.140. The van der Waals surface area contributed by atoms with Gasteiger partial charge in [-0.05, 0) is 48.8 Å². The first-order valence-corrected chi connectivity index (χ1v) is 13.5. The molecule has 192 valence electrons. The summed E-state index contributed by atoms with van der Waals surface area (Å²) < 4.78 is 0. The molecule has 3 amide bonds. The van der Waals surface area contributed by atoms with Crippen molar-refractivity contribution < 1.29 is 14.4 Å². The fourth-order valence-electron chi connectivity index (χ4n) is 5.80. The Hall–Kier alpha value is -3.67. The molecule has 0 aromatic heterocycles. The van der Waals surface area contributed by atoms with Gasteiger partial charge >= 0.3 is 0 Å². The Kier molecular flexibility index (Phi) is 7.54. The molecule has 1 atom stereocenters. The Labute approximate surface area is 218 Å². The average Bonchev–Trinajstić information content (AvgIpc) is 3.20. The minimum atomic E-state index is -0.575. The van der Waals surface area contributed by atoms with Crippen LogP contribution in [0.3, 0.4) is 0 Å². The third kappa shape index (κ3) is 5.24. The Morgan fingerprint density at radius 1 is 0.973 bits per heavy atom. The molecule has 1 saturated carbocycles. The van der Waals surface area contributed by atoms with Gasteiger partial charge in [-0.1, -0.05) is 80.8 Å². The van der Waals surface area contributed by atoms with E-state index in [0.29, 0.717) is 24.9 Å². The van der Waals surface area contributed by atoms with E-state index in [1.807, 2.05) is 73.7 Å². The first-order chi connectivity index (χ1) is 18.1. The van der Waals surface area contributed by atoms with Gasteiger partial charge < -0.3 is 10.2 Å². The van der Waals surface area contributed by atoms with E-state index in [4.69, 9.17) is 0 Å². The van der Waals surface area contributed by atoms with E-state index < -0.39 is 6.04 Å². The molecule has 37 heavy (non-hydrogen) atoms. The molecule has 1 N–H and O–H groups in total. The number of nitrogens with zero attached hydrogens (tertiary/aromatic N) is 2. The van der Waals surface area contributed by atoms with Gasteiger partial charge in [0.2, 0.25) is 11.8 Å². The number of anilines is 1. The third-order valence-corrected chi connectivity index (χ3v) is 7.76. The fraction of sp³-hybridized carbons (Fsp3) is 0.387. The number of nitrogens with one attached hydrogen (secondary N) is 1. The minimum absolute atomic E-state index is 0.0887. The zero-order valence-corrected chi connectivity index (χ0v) is 21.5. The van der Waals surface area contributed by atoms with Crippen molar-refractivity contribution in [2.45, 2.75) is 64.0 Å². The molecular weight excluding hydrogens is 462 g/mol.